The van der Waals surface area contributed by atoms with Gasteiger partial charge in [-0.25, -0.2) is 9.97 Å². The summed E-state index contributed by atoms with van der Waals surface area (Å²) < 4.78 is 0. The lowest BCUT2D eigenvalue weighted by atomic mass is 9.95. The first-order valence-electron chi connectivity index (χ1n) is 10.0. The average molecular weight is 400 g/mol. The number of benzene rings is 1. The van der Waals surface area contributed by atoms with E-state index in [0.29, 0.717) is 11.6 Å². The fraction of sp³-hybridized carbons (Fsp3) is 0.476. The molecule has 2 aliphatic rings. The van der Waals surface area contributed by atoms with Gasteiger partial charge >= 0.3 is 0 Å². The summed E-state index contributed by atoms with van der Waals surface area (Å²) in [5.74, 6) is 1.03. The molecule has 2 saturated heterocycles. The molecule has 1 aromatic heterocycles. The number of hydrogen-bond acceptors (Lipinski definition) is 5. The molecule has 4 rings (SSSR count). The van der Waals surface area contributed by atoms with E-state index >= 15 is 0 Å². The number of nitrogens with zero attached hydrogens (tertiary/aromatic N) is 4. The van der Waals surface area contributed by atoms with Crippen molar-refractivity contribution in [3.05, 3.63) is 47.2 Å². The molecule has 2 aromatic rings. The van der Waals surface area contributed by atoms with Crippen LogP contribution in [0.3, 0.4) is 0 Å². The molecule has 148 valence electrons. The number of carbonyl (C=O) groups excluding carboxylic acids is 1. The summed E-state index contributed by atoms with van der Waals surface area (Å²) in [6.07, 6.45) is 7.97. The van der Waals surface area contributed by atoms with Crippen LogP contribution in [0.4, 0.5) is 11.6 Å². The predicted octanol–water partition coefficient (Wildman–Crippen LogP) is 3.26. The Morgan fingerprint density at radius 2 is 1.64 bits per heavy atom. The number of anilines is 2. The topological polar surface area (TPSA) is 61.4 Å². The van der Waals surface area contributed by atoms with Crippen LogP contribution in [0.25, 0.3) is 0 Å². The predicted molar refractivity (Wildman–Crippen MR) is 112 cm³/mol. The van der Waals surface area contributed by atoms with E-state index in [0.717, 1.165) is 56.2 Å². The van der Waals surface area contributed by atoms with Crippen LogP contribution in [0.2, 0.25) is 5.02 Å². The highest BCUT2D eigenvalue weighted by molar-refractivity contribution is 6.30. The van der Waals surface area contributed by atoms with E-state index in [-0.39, 0.29) is 11.8 Å². The first-order chi connectivity index (χ1) is 13.7. The third kappa shape index (κ3) is 4.55. The highest BCUT2D eigenvalue weighted by Crippen LogP contribution is 2.24. The van der Waals surface area contributed by atoms with Gasteiger partial charge in [-0.3, -0.25) is 4.79 Å². The fourth-order valence-corrected chi connectivity index (χ4v) is 4.02. The number of rotatable bonds is 5. The summed E-state index contributed by atoms with van der Waals surface area (Å²) in [6.45, 7) is 4.35. The van der Waals surface area contributed by atoms with Gasteiger partial charge in [0.2, 0.25) is 11.9 Å². The minimum absolute atomic E-state index is 0.0633. The lowest BCUT2D eigenvalue weighted by Crippen LogP contribution is -2.40. The Kier molecular flexibility index (Phi) is 5.95. The maximum Gasteiger partial charge on any atom is 0.225 e. The summed E-state index contributed by atoms with van der Waals surface area (Å²) in [5, 5.41) is 3.76. The minimum Gasteiger partial charge on any atom is -0.369 e. The van der Waals surface area contributed by atoms with Crippen LogP contribution in [-0.4, -0.2) is 42.1 Å². The lowest BCUT2D eigenvalue weighted by Gasteiger charge is -2.32. The first kappa shape index (κ1) is 19.0. The van der Waals surface area contributed by atoms with Gasteiger partial charge in [0.1, 0.15) is 0 Å². The highest BCUT2D eigenvalue weighted by atomic mass is 35.5. The minimum atomic E-state index is 0.0633. The van der Waals surface area contributed by atoms with Crippen molar-refractivity contribution in [3.8, 4) is 0 Å². The van der Waals surface area contributed by atoms with Crippen molar-refractivity contribution in [3.63, 3.8) is 0 Å². The van der Waals surface area contributed by atoms with Gasteiger partial charge in [0.25, 0.3) is 0 Å². The van der Waals surface area contributed by atoms with Crippen molar-refractivity contribution in [1.82, 2.24) is 15.3 Å². The summed E-state index contributed by atoms with van der Waals surface area (Å²) in [7, 11) is 0. The maximum atomic E-state index is 12.5. The van der Waals surface area contributed by atoms with Crippen molar-refractivity contribution >= 4 is 29.1 Å². The van der Waals surface area contributed by atoms with Crippen molar-refractivity contribution in [2.45, 2.75) is 32.2 Å². The summed E-state index contributed by atoms with van der Waals surface area (Å²) in [5.41, 5.74) is 2.10. The Labute approximate surface area is 170 Å². The molecule has 0 radical (unpaired) electrons. The lowest BCUT2D eigenvalue weighted by molar-refractivity contribution is -0.125. The molecular formula is C21H26ClN5O. The van der Waals surface area contributed by atoms with Crippen molar-refractivity contribution in [2.24, 2.45) is 5.92 Å². The quantitative estimate of drug-likeness (QED) is 0.836. The van der Waals surface area contributed by atoms with Crippen LogP contribution in [0.5, 0.6) is 0 Å². The van der Waals surface area contributed by atoms with Crippen molar-refractivity contribution in [2.75, 3.05) is 36.0 Å². The zero-order valence-corrected chi connectivity index (χ0v) is 16.7. The number of nitrogens with one attached hydrogen (secondary N) is 1. The number of piperidine rings is 1. The molecular weight excluding hydrogens is 374 g/mol. The Morgan fingerprint density at radius 1 is 1.00 bits per heavy atom. The number of halogens is 1. The number of aromatic nitrogens is 2. The van der Waals surface area contributed by atoms with E-state index in [4.69, 9.17) is 11.6 Å². The fourth-order valence-electron chi connectivity index (χ4n) is 3.89. The molecule has 3 heterocycles. The number of carbonyl (C=O) groups is 1. The molecule has 0 spiro atoms. The normalized spacial score (nSPS) is 17.8. The maximum absolute atomic E-state index is 12.5. The molecule has 1 aromatic carbocycles. The van der Waals surface area contributed by atoms with Gasteiger partial charge in [0.05, 0.1) is 18.1 Å². The molecule has 0 bridgehead atoms. The van der Waals surface area contributed by atoms with E-state index in [1.54, 1.807) is 0 Å². The van der Waals surface area contributed by atoms with E-state index in [9.17, 15) is 4.79 Å². The molecule has 2 aliphatic heterocycles. The molecule has 6 nitrogen and oxygen atoms in total. The van der Waals surface area contributed by atoms with Gasteiger partial charge in [-0.15, -0.1) is 0 Å². The molecule has 0 saturated carbocycles. The van der Waals surface area contributed by atoms with Crippen LogP contribution in [0.1, 0.15) is 31.2 Å². The molecule has 28 heavy (non-hydrogen) atoms. The van der Waals surface area contributed by atoms with E-state index in [1.165, 1.54) is 12.8 Å². The smallest absolute Gasteiger partial charge is 0.225 e. The molecule has 0 atom stereocenters. The van der Waals surface area contributed by atoms with E-state index in [2.05, 4.69) is 25.1 Å². The Balaban J connectivity index is 1.25. The van der Waals surface area contributed by atoms with Crippen LogP contribution >= 0.6 is 11.6 Å². The third-order valence-corrected chi connectivity index (χ3v) is 5.88. The van der Waals surface area contributed by atoms with Gasteiger partial charge in [0, 0.05) is 43.7 Å². The molecule has 0 unspecified atom stereocenters. The van der Waals surface area contributed by atoms with E-state index in [1.807, 2.05) is 36.7 Å². The molecule has 7 heteroatoms. The largest absolute Gasteiger partial charge is 0.369 e. The summed E-state index contributed by atoms with van der Waals surface area (Å²) in [4.78, 5) is 26.1. The summed E-state index contributed by atoms with van der Waals surface area (Å²) in [6, 6.07) is 7.57. The third-order valence-electron chi connectivity index (χ3n) is 5.62. The number of amides is 1. The molecule has 1 N–H and O–H groups in total. The molecule has 1 amide bonds. The molecule has 0 aliphatic carbocycles. The van der Waals surface area contributed by atoms with Crippen LogP contribution in [-0.2, 0) is 11.3 Å². The Bertz CT molecular complexity index is 781. The zero-order valence-electron chi connectivity index (χ0n) is 16.0. The van der Waals surface area contributed by atoms with Gasteiger partial charge in [-0.2, -0.15) is 0 Å². The number of hydrogen-bond donors (Lipinski definition) is 1. The van der Waals surface area contributed by atoms with Gasteiger partial charge in [-0.1, -0.05) is 23.7 Å². The van der Waals surface area contributed by atoms with Gasteiger partial charge < -0.3 is 15.1 Å². The van der Waals surface area contributed by atoms with Crippen molar-refractivity contribution in [1.29, 1.82) is 0 Å². The highest BCUT2D eigenvalue weighted by Gasteiger charge is 2.25. The second kappa shape index (κ2) is 8.78. The SMILES string of the molecule is O=C(NCc1ccc(Cl)cc1)C1CCN(c2cnc(N3CCCC3)nc2)CC1. The van der Waals surface area contributed by atoms with Crippen molar-refractivity contribution < 1.29 is 4.79 Å². The van der Waals surface area contributed by atoms with Crippen LogP contribution in [0, 0.1) is 5.92 Å². The standard InChI is InChI=1S/C21H26ClN5O/c22-18-5-3-16(4-6-18)13-23-20(28)17-7-11-26(12-8-17)19-14-24-21(25-15-19)27-9-1-2-10-27/h3-6,14-15,17H,1-2,7-13H2,(H,23,28). The Hall–Kier alpha value is -2.34. The van der Waals surface area contributed by atoms with E-state index < -0.39 is 0 Å². The second-order valence-corrected chi connectivity index (χ2v) is 7.98. The average Bonchev–Trinajstić information content (AvgIpc) is 3.28. The monoisotopic (exact) mass is 399 g/mol. The Morgan fingerprint density at radius 3 is 2.29 bits per heavy atom. The second-order valence-electron chi connectivity index (χ2n) is 7.54. The van der Waals surface area contributed by atoms with Gasteiger partial charge in [0.15, 0.2) is 0 Å². The first-order valence-corrected chi connectivity index (χ1v) is 10.4. The van der Waals surface area contributed by atoms with Gasteiger partial charge in [-0.05, 0) is 43.4 Å². The summed E-state index contributed by atoms with van der Waals surface area (Å²) >= 11 is 5.90. The van der Waals surface area contributed by atoms with Crippen LogP contribution < -0.4 is 15.1 Å². The van der Waals surface area contributed by atoms with Crippen LogP contribution in [0.15, 0.2) is 36.7 Å². The zero-order chi connectivity index (χ0) is 19.3. The molecule has 2 fully saturated rings.